The Morgan fingerprint density at radius 1 is 0.750 bits per heavy atom. The van der Waals surface area contributed by atoms with Gasteiger partial charge in [-0.15, -0.1) is 0 Å². The number of hydrogen-bond donors (Lipinski definition) is 2. The minimum atomic E-state index is -0.474. The number of nitrogens with zero attached hydrogens (tertiary/aromatic N) is 6. The van der Waals surface area contributed by atoms with Gasteiger partial charge in [-0.25, -0.2) is 14.8 Å². The first kappa shape index (κ1) is 38.7. The number of hydrogen-bond acceptors (Lipinski definition) is 9. The van der Waals surface area contributed by atoms with E-state index >= 15 is 0 Å². The summed E-state index contributed by atoms with van der Waals surface area (Å²) >= 11 is 0. The van der Waals surface area contributed by atoms with Crippen LogP contribution in [0, 0.1) is 0 Å². The Labute approximate surface area is 287 Å². The summed E-state index contributed by atoms with van der Waals surface area (Å²) in [6.45, 7) is 18.0. The van der Waals surface area contributed by atoms with Gasteiger partial charge < -0.3 is 29.2 Å². The second kappa shape index (κ2) is 22.0. The summed E-state index contributed by atoms with van der Waals surface area (Å²) in [5.41, 5.74) is 2.39. The average Bonchev–Trinajstić information content (AvgIpc) is 3.82. The summed E-state index contributed by atoms with van der Waals surface area (Å²) in [4.78, 5) is 48.8. The van der Waals surface area contributed by atoms with Gasteiger partial charge in [0.25, 0.3) is 0 Å². The molecule has 1 unspecified atom stereocenters. The summed E-state index contributed by atoms with van der Waals surface area (Å²) in [5.74, 6) is 1.46. The number of benzene rings is 1. The quantitative estimate of drug-likeness (QED) is 0.0677. The fourth-order valence-electron chi connectivity index (χ4n) is 5.78. The van der Waals surface area contributed by atoms with Crippen molar-refractivity contribution < 1.29 is 19.1 Å². The molecule has 0 fully saturated rings. The van der Waals surface area contributed by atoms with Crippen molar-refractivity contribution in [2.45, 2.75) is 92.4 Å². The SMILES string of the molecule is CCCN(CCC)CCCCN(CCC(=O)OCOC(=O)N(CC)CC)Cc1ccc(CN(Cc2ncc[nH]2)C(C)c2ncc[nH]2)cc1. The number of carbonyl (C=O) groups excluding carboxylic acids is 2. The van der Waals surface area contributed by atoms with Crippen molar-refractivity contribution in [1.82, 2.24) is 39.5 Å². The molecule has 1 amide bonds. The summed E-state index contributed by atoms with van der Waals surface area (Å²) in [6, 6.07) is 8.80. The highest BCUT2D eigenvalue weighted by molar-refractivity contribution is 5.70. The van der Waals surface area contributed by atoms with Crippen molar-refractivity contribution in [2.24, 2.45) is 0 Å². The van der Waals surface area contributed by atoms with Gasteiger partial charge in [0.1, 0.15) is 11.6 Å². The van der Waals surface area contributed by atoms with Crippen molar-refractivity contribution in [3.63, 3.8) is 0 Å². The molecule has 1 atom stereocenters. The van der Waals surface area contributed by atoms with Crippen LogP contribution in [0.4, 0.5) is 4.79 Å². The van der Waals surface area contributed by atoms with Crippen LogP contribution in [0.15, 0.2) is 49.1 Å². The molecule has 0 radical (unpaired) electrons. The van der Waals surface area contributed by atoms with Gasteiger partial charge in [0.2, 0.25) is 6.79 Å². The fourth-order valence-corrected chi connectivity index (χ4v) is 5.78. The number of ether oxygens (including phenoxy) is 2. The number of carbonyl (C=O) groups is 2. The van der Waals surface area contributed by atoms with Crippen LogP contribution >= 0.6 is 0 Å². The number of esters is 1. The van der Waals surface area contributed by atoms with E-state index in [2.05, 4.69) is 79.7 Å². The zero-order chi connectivity index (χ0) is 34.6. The number of nitrogens with one attached hydrogen (secondary N) is 2. The number of imidazole rings is 2. The minimum absolute atomic E-state index is 0.0753. The molecule has 0 bridgehead atoms. The maximum atomic E-state index is 12.6. The van der Waals surface area contributed by atoms with Crippen LogP contribution < -0.4 is 0 Å². The van der Waals surface area contributed by atoms with Gasteiger partial charge >= 0.3 is 12.1 Å². The summed E-state index contributed by atoms with van der Waals surface area (Å²) in [7, 11) is 0. The van der Waals surface area contributed by atoms with Gasteiger partial charge in [-0.05, 0) is 83.8 Å². The Hall–Kier alpha value is -3.74. The van der Waals surface area contributed by atoms with Crippen LogP contribution in [0.1, 0.15) is 95.5 Å². The van der Waals surface area contributed by atoms with E-state index in [1.54, 1.807) is 17.3 Å². The van der Waals surface area contributed by atoms with Gasteiger partial charge in [-0.1, -0.05) is 38.1 Å². The summed E-state index contributed by atoms with van der Waals surface area (Å²) < 4.78 is 10.4. The van der Waals surface area contributed by atoms with E-state index in [0.29, 0.717) is 26.2 Å². The van der Waals surface area contributed by atoms with Crippen LogP contribution in [0.25, 0.3) is 0 Å². The van der Waals surface area contributed by atoms with Gasteiger partial charge in [0.15, 0.2) is 0 Å². The Kier molecular flexibility index (Phi) is 17.7. The van der Waals surface area contributed by atoms with Gasteiger partial charge in [-0.2, -0.15) is 0 Å². The number of H-pyrrole nitrogens is 2. The molecule has 1 aromatic carbocycles. The molecule has 48 heavy (non-hydrogen) atoms. The molecule has 2 heterocycles. The van der Waals surface area contributed by atoms with Crippen LogP contribution in [-0.4, -0.2) is 104 Å². The third-order valence-electron chi connectivity index (χ3n) is 8.52. The topological polar surface area (TPSA) is 123 Å². The van der Waals surface area contributed by atoms with Crippen LogP contribution in [0.5, 0.6) is 0 Å². The van der Waals surface area contributed by atoms with E-state index in [-0.39, 0.29) is 25.2 Å². The molecule has 0 spiro atoms. The lowest BCUT2D eigenvalue weighted by Gasteiger charge is -2.27. The zero-order valence-electron chi connectivity index (χ0n) is 29.8. The predicted octanol–water partition coefficient (Wildman–Crippen LogP) is 5.97. The molecule has 2 N–H and O–H groups in total. The molecule has 0 aliphatic heterocycles. The standard InChI is InChI=1S/C36H58N8O4/c1-6-21-41(22-7-2)23-10-11-24-42(25-16-34(45)47-29-48-36(46)43(8-3)9-4)26-31-12-14-32(15-13-31)27-44(28-33-37-17-18-38-33)30(5)35-39-19-20-40-35/h12-15,17-20,30H,6-11,16,21-29H2,1-5H3,(H,37,38)(H,39,40). The lowest BCUT2D eigenvalue weighted by Crippen LogP contribution is -2.32. The molecular weight excluding hydrogens is 608 g/mol. The van der Waals surface area contributed by atoms with Crippen LogP contribution in [0.3, 0.4) is 0 Å². The second-order valence-electron chi connectivity index (χ2n) is 12.2. The number of amides is 1. The van der Waals surface area contributed by atoms with Crippen molar-refractivity contribution in [1.29, 1.82) is 0 Å². The molecule has 12 nitrogen and oxygen atoms in total. The molecule has 2 aromatic heterocycles. The van der Waals surface area contributed by atoms with E-state index in [4.69, 9.17) is 9.47 Å². The first-order valence-corrected chi connectivity index (χ1v) is 17.7. The first-order valence-electron chi connectivity index (χ1n) is 17.7. The van der Waals surface area contributed by atoms with Crippen molar-refractivity contribution >= 4 is 12.1 Å². The largest absolute Gasteiger partial charge is 0.428 e. The first-order chi connectivity index (χ1) is 23.4. The number of aromatic nitrogens is 4. The summed E-state index contributed by atoms with van der Waals surface area (Å²) in [5, 5.41) is 0. The van der Waals surface area contributed by atoms with Crippen molar-refractivity contribution in [3.8, 4) is 0 Å². The molecule has 3 aromatic rings. The normalized spacial score (nSPS) is 12.2. The Morgan fingerprint density at radius 3 is 1.96 bits per heavy atom. The maximum absolute atomic E-state index is 12.6. The monoisotopic (exact) mass is 666 g/mol. The summed E-state index contributed by atoms with van der Waals surface area (Å²) in [6.07, 6.45) is 11.5. The highest BCUT2D eigenvalue weighted by Gasteiger charge is 2.20. The van der Waals surface area contributed by atoms with Gasteiger partial charge in [0.05, 0.1) is 19.0 Å². The molecule has 266 valence electrons. The van der Waals surface area contributed by atoms with Crippen LogP contribution in [0.2, 0.25) is 0 Å². The molecule has 0 saturated heterocycles. The maximum Gasteiger partial charge on any atom is 0.412 e. The Bertz CT molecular complexity index is 1260. The lowest BCUT2D eigenvalue weighted by atomic mass is 10.1. The molecule has 0 saturated carbocycles. The molecule has 3 rings (SSSR count). The smallest absolute Gasteiger partial charge is 0.412 e. The van der Waals surface area contributed by atoms with E-state index in [9.17, 15) is 9.59 Å². The van der Waals surface area contributed by atoms with E-state index in [0.717, 1.165) is 76.6 Å². The molecular formula is C36H58N8O4. The third-order valence-corrected chi connectivity index (χ3v) is 8.52. The predicted molar refractivity (Wildman–Crippen MR) is 188 cm³/mol. The van der Waals surface area contributed by atoms with E-state index in [1.807, 2.05) is 26.2 Å². The highest BCUT2D eigenvalue weighted by Crippen LogP contribution is 2.22. The molecule has 0 aliphatic rings. The Balaban J connectivity index is 1.59. The van der Waals surface area contributed by atoms with Gasteiger partial charge in [-0.3, -0.25) is 14.6 Å². The number of unbranched alkanes of at least 4 members (excludes halogenated alkanes) is 1. The van der Waals surface area contributed by atoms with E-state index < -0.39 is 6.09 Å². The average molecular weight is 667 g/mol. The third kappa shape index (κ3) is 13.8. The minimum Gasteiger partial charge on any atom is -0.428 e. The number of rotatable bonds is 24. The second-order valence-corrected chi connectivity index (χ2v) is 12.2. The number of aromatic amines is 2. The highest BCUT2D eigenvalue weighted by atomic mass is 16.7. The zero-order valence-corrected chi connectivity index (χ0v) is 29.8. The fraction of sp³-hybridized carbons (Fsp3) is 0.611. The molecule has 0 aliphatic carbocycles. The Morgan fingerprint density at radius 2 is 1.38 bits per heavy atom. The van der Waals surface area contributed by atoms with E-state index in [1.165, 1.54) is 11.1 Å². The van der Waals surface area contributed by atoms with Crippen molar-refractivity contribution in [3.05, 3.63) is 71.8 Å². The molecule has 12 heteroatoms. The van der Waals surface area contributed by atoms with Crippen molar-refractivity contribution in [2.75, 3.05) is 52.6 Å². The lowest BCUT2D eigenvalue weighted by molar-refractivity contribution is -0.152. The van der Waals surface area contributed by atoms with Crippen LogP contribution in [-0.2, 0) is 33.9 Å². The van der Waals surface area contributed by atoms with Gasteiger partial charge in [0, 0.05) is 57.5 Å².